The molecule has 0 spiro atoms. The molecule has 0 radical (unpaired) electrons. The summed E-state index contributed by atoms with van der Waals surface area (Å²) in [5.41, 5.74) is 2.78. The molecule has 0 aliphatic heterocycles. The third kappa shape index (κ3) is 2.48. The summed E-state index contributed by atoms with van der Waals surface area (Å²) in [4.78, 5) is 4.62. The molecule has 1 N–H and O–H groups in total. The number of aromatic nitrogens is 5. The lowest BCUT2D eigenvalue weighted by atomic mass is 10.2. The lowest BCUT2D eigenvalue weighted by molar-refractivity contribution is 0.342. The highest BCUT2D eigenvalue weighted by Gasteiger charge is 2.13. The molecule has 4 aromatic rings. The summed E-state index contributed by atoms with van der Waals surface area (Å²) in [6, 6.07) is 13.0. The molecule has 0 saturated heterocycles. The van der Waals surface area contributed by atoms with Crippen molar-refractivity contribution in [3.05, 3.63) is 47.5 Å². The lowest BCUT2D eigenvalue weighted by Gasteiger charge is -2.12. The predicted molar refractivity (Wildman–Crippen MR) is 92.0 cm³/mol. The van der Waals surface area contributed by atoms with E-state index in [0.29, 0.717) is 23.1 Å². The summed E-state index contributed by atoms with van der Waals surface area (Å²) in [7, 11) is 0. The van der Waals surface area contributed by atoms with Crippen LogP contribution in [0.25, 0.3) is 16.7 Å². The van der Waals surface area contributed by atoms with Crippen LogP contribution in [0.2, 0.25) is 5.02 Å². The summed E-state index contributed by atoms with van der Waals surface area (Å²) in [6.45, 7) is 2.51. The first-order valence-electron chi connectivity index (χ1n) is 7.42. The topological polar surface area (TPSA) is 77.2 Å². The third-order valence-electron chi connectivity index (χ3n) is 3.52. The first kappa shape index (κ1) is 14.6. The number of ether oxygens (including phenoxy) is 1. The first-order valence-corrected chi connectivity index (χ1v) is 7.80. The summed E-state index contributed by atoms with van der Waals surface area (Å²) >= 11 is 6.07. The molecular weight excluding hydrogens is 328 g/mol. The molecule has 2 aromatic carbocycles. The number of halogens is 1. The third-order valence-corrected chi connectivity index (χ3v) is 3.75. The maximum atomic E-state index is 6.07. The number of nitrogens with zero attached hydrogens (tertiary/aromatic N) is 5. The molecule has 2 heterocycles. The molecule has 0 amide bonds. The van der Waals surface area contributed by atoms with Gasteiger partial charge in [-0.1, -0.05) is 23.7 Å². The van der Waals surface area contributed by atoms with Crippen LogP contribution in [-0.4, -0.2) is 31.6 Å². The van der Waals surface area contributed by atoms with E-state index in [1.54, 1.807) is 16.6 Å². The Morgan fingerprint density at radius 1 is 1.21 bits per heavy atom. The second-order valence-electron chi connectivity index (χ2n) is 5.06. The standard InChI is InChI=1S/C16H13ClN6O/c1-2-24-14-6-4-3-5-12(14)19-15-16-20-21-22-23(16)13-9-10(17)7-8-11(13)18-15/h3-9H,2H2,1H3,(H,18,19). The normalized spacial score (nSPS) is 11.1. The second-order valence-corrected chi connectivity index (χ2v) is 5.50. The summed E-state index contributed by atoms with van der Waals surface area (Å²) in [6.07, 6.45) is 0. The van der Waals surface area contributed by atoms with Crippen molar-refractivity contribution < 1.29 is 4.74 Å². The Kier molecular flexibility index (Phi) is 3.62. The van der Waals surface area contributed by atoms with Crippen LogP contribution < -0.4 is 10.1 Å². The highest BCUT2D eigenvalue weighted by atomic mass is 35.5. The smallest absolute Gasteiger partial charge is 0.222 e. The fourth-order valence-electron chi connectivity index (χ4n) is 2.49. The van der Waals surface area contributed by atoms with E-state index in [9.17, 15) is 0 Å². The molecule has 0 bridgehead atoms. The molecule has 4 rings (SSSR count). The van der Waals surface area contributed by atoms with E-state index >= 15 is 0 Å². The van der Waals surface area contributed by atoms with Crippen molar-refractivity contribution in [3.63, 3.8) is 0 Å². The SMILES string of the molecule is CCOc1ccccc1Nc1nc2ccc(Cl)cc2n2nnnc12. The molecule has 2 aromatic heterocycles. The van der Waals surface area contributed by atoms with Crippen molar-refractivity contribution >= 4 is 39.8 Å². The Morgan fingerprint density at radius 2 is 2.08 bits per heavy atom. The Bertz CT molecular complexity index is 1030. The van der Waals surface area contributed by atoms with Crippen LogP contribution in [0.4, 0.5) is 11.5 Å². The number of hydrogen-bond acceptors (Lipinski definition) is 6. The van der Waals surface area contributed by atoms with Gasteiger partial charge in [0.05, 0.1) is 23.3 Å². The lowest BCUT2D eigenvalue weighted by Crippen LogP contribution is -2.03. The van der Waals surface area contributed by atoms with E-state index in [1.165, 1.54) is 0 Å². The van der Waals surface area contributed by atoms with Crippen LogP contribution in [0.3, 0.4) is 0 Å². The van der Waals surface area contributed by atoms with Crippen LogP contribution >= 0.6 is 11.6 Å². The van der Waals surface area contributed by atoms with Crippen LogP contribution in [0.1, 0.15) is 6.92 Å². The average Bonchev–Trinajstić information content (AvgIpc) is 3.08. The van der Waals surface area contributed by atoms with Gasteiger partial charge in [-0.05, 0) is 47.7 Å². The fourth-order valence-corrected chi connectivity index (χ4v) is 2.66. The number of para-hydroxylation sites is 2. The van der Waals surface area contributed by atoms with E-state index in [0.717, 1.165) is 22.5 Å². The molecule has 24 heavy (non-hydrogen) atoms. The van der Waals surface area contributed by atoms with E-state index in [4.69, 9.17) is 16.3 Å². The van der Waals surface area contributed by atoms with Gasteiger partial charge in [-0.25, -0.2) is 4.98 Å². The quantitative estimate of drug-likeness (QED) is 0.613. The van der Waals surface area contributed by atoms with Gasteiger partial charge < -0.3 is 10.1 Å². The van der Waals surface area contributed by atoms with Gasteiger partial charge in [0.25, 0.3) is 0 Å². The number of hydrogen-bond donors (Lipinski definition) is 1. The van der Waals surface area contributed by atoms with Gasteiger partial charge in [0.15, 0.2) is 5.82 Å². The molecule has 8 heteroatoms. The van der Waals surface area contributed by atoms with E-state index in [-0.39, 0.29) is 0 Å². The van der Waals surface area contributed by atoms with E-state index < -0.39 is 0 Å². The molecule has 0 unspecified atom stereocenters. The van der Waals surface area contributed by atoms with Crippen LogP contribution in [0, 0.1) is 0 Å². The Balaban J connectivity index is 1.87. The van der Waals surface area contributed by atoms with Crippen molar-refractivity contribution in [2.75, 3.05) is 11.9 Å². The Labute approximate surface area is 142 Å². The molecule has 0 atom stereocenters. The zero-order chi connectivity index (χ0) is 16.5. The fraction of sp³-hybridized carbons (Fsp3) is 0.125. The average molecular weight is 341 g/mol. The van der Waals surface area contributed by atoms with Crippen molar-refractivity contribution in [2.24, 2.45) is 0 Å². The van der Waals surface area contributed by atoms with Crippen molar-refractivity contribution in [2.45, 2.75) is 6.92 Å². The van der Waals surface area contributed by atoms with Crippen molar-refractivity contribution in [1.82, 2.24) is 25.0 Å². The van der Waals surface area contributed by atoms with Crippen LogP contribution in [0.5, 0.6) is 5.75 Å². The summed E-state index contributed by atoms with van der Waals surface area (Å²) in [5, 5.41) is 15.7. The van der Waals surface area contributed by atoms with Gasteiger partial charge in [-0.15, -0.1) is 5.10 Å². The predicted octanol–water partition coefficient (Wildman–Crippen LogP) is 3.47. The monoisotopic (exact) mass is 340 g/mol. The zero-order valence-corrected chi connectivity index (χ0v) is 13.5. The largest absolute Gasteiger partial charge is 0.492 e. The number of rotatable bonds is 4. The number of tetrazole rings is 1. The minimum absolute atomic E-state index is 0.510. The molecule has 7 nitrogen and oxygen atoms in total. The number of fused-ring (bicyclic) bond motifs is 3. The Morgan fingerprint density at radius 3 is 2.96 bits per heavy atom. The minimum Gasteiger partial charge on any atom is -0.492 e. The zero-order valence-electron chi connectivity index (χ0n) is 12.8. The summed E-state index contributed by atoms with van der Waals surface area (Å²) in [5.74, 6) is 1.28. The Hall–Kier alpha value is -2.93. The highest BCUT2D eigenvalue weighted by Crippen LogP contribution is 2.29. The maximum absolute atomic E-state index is 6.07. The number of nitrogens with one attached hydrogen (secondary N) is 1. The van der Waals surface area contributed by atoms with Gasteiger partial charge in [-0.2, -0.15) is 4.52 Å². The molecule has 0 saturated carbocycles. The molecular formula is C16H13ClN6O. The maximum Gasteiger partial charge on any atom is 0.222 e. The molecule has 120 valence electrons. The molecule has 0 aliphatic carbocycles. The van der Waals surface area contributed by atoms with E-state index in [1.807, 2.05) is 37.3 Å². The van der Waals surface area contributed by atoms with Gasteiger partial charge in [-0.3, -0.25) is 0 Å². The first-order chi connectivity index (χ1) is 11.8. The van der Waals surface area contributed by atoms with Crippen LogP contribution in [0.15, 0.2) is 42.5 Å². The van der Waals surface area contributed by atoms with Gasteiger partial charge in [0.1, 0.15) is 5.75 Å². The molecule has 0 aliphatic rings. The molecule has 0 fully saturated rings. The van der Waals surface area contributed by atoms with Crippen LogP contribution in [-0.2, 0) is 0 Å². The van der Waals surface area contributed by atoms with Gasteiger partial charge in [0.2, 0.25) is 5.65 Å². The second kappa shape index (κ2) is 5.93. The minimum atomic E-state index is 0.510. The van der Waals surface area contributed by atoms with Gasteiger partial charge >= 0.3 is 0 Å². The van der Waals surface area contributed by atoms with Crippen molar-refractivity contribution in [3.8, 4) is 5.75 Å². The van der Waals surface area contributed by atoms with Gasteiger partial charge in [0, 0.05) is 5.02 Å². The number of benzene rings is 2. The van der Waals surface area contributed by atoms with E-state index in [2.05, 4.69) is 25.8 Å². The van der Waals surface area contributed by atoms with Crippen molar-refractivity contribution in [1.29, 1.82) is 0 Å². The number of anilines is 2. The summed E-state index contributed by atoms with van der Waals surface area (Å²) < 4.78 is 7.25. The highest BCUT2D eigenvalue weighted by molar-refractivity contribution is 6.31.